The van der Waals surface area contributed by atoms with Crippen LogP contribution in [0, 0.1) is 19.8 Å². The average Bonchev–Trinajstić information content (AvgIpc) is 2.44. The Kier molecular flexibility index (Phi) is 5.58. The normalized spacial score (nSPS) is 19.2. The number of nitrogens with zero attached hydrogens (tertiary/aromatic N) is 1. The Balaban J connectivity index is 2.05. The van der Waals surface area contributed by atoms with Gasteiger partial charge < -0.3 is 15.7 Å². The minimum Gasteiger partial charge on any atom is -0.395 e. The molecule has 1 aliphatic heterocycles. The van der Waals surface area contributed by atoms with E-state index in [0.717, 1.165) is 26.2 Å². The van der Waals surface area contributed by atoms with Gasteiger partial charge in [-0.25, -0.2) is 0 Å². The highest BCUT2D eigenvalue weighted by atomic mass is 16.3. The molecular formula is C17H28N2O. The van der Waals surface area contributed by atoms with Gasteiger partial charge in [0, 0.05) is 6.54 Å². The van der Waals surface area contributed by atoms with Gasteiger partial charge in [0.15, 0.2) is 0 Å². The van der Waals surface area contributed by atoms with Crippen LogP contribution in [0.5, 0.6) is 0 Å². The van der Waals surface area contributed by atoms with Crippen LogP contribution in [-0.2, 0) is 0 Å². The summed E-state index contributed by atoms with van der Waals surface area (Å²) in [6.45, 7) is 8.33. The molecule has 1 atom stereocenters. The van der Waals surface area contributed by atoms with Crippen molar-refractivity contribution in [1.29, 1.82) is 0 Å². The first-order chi connectivity index (χ1) is 9.65. The highest BCUT2D eigenvalue weighted by Gasteiger charge is 2.27. The smallest absolute Gasteiger partial charge is 0.0558 e. The summed E-state index contributed by atoms with van der Waals surface area (Å²) in [7, 11) is 0. The molecule has 1 aliphatic rings. The molecule has 0 aromatic heterocycles. The van der Waals surface area contributed by atoms with E-state index < -0.39 is 0 Å². The molecule has 2 rings (SSSR count). The minimum absolute atomic E-state index is 0.266. The van der Waals surface area contributed by atoms with E-state index in [-0.39, 0.29) is 6.61 Å². The first-order valence-electron chi connectivity index (χ1n) is 7.76. The number of likely N-dealkylation sites (tertiary alicyclic amines) is 1. The Labute approximate surface area is 122 Å². The van der Waals surface area contributed by atoms with Crippen LogP contribution in [-0.4, -0.2) is 42.8 Å². The number of nitrogens with two attached hydrogens (primary N) is 1. The summed E-state index contributed by atoms with van der Waals surface area (Å²) in [5, 5.41) is 9.02. The second kappa shape index (κ2) is 7.21. The van der Waals surface area contributed by atoms with Crippen LogP contribution >= 0.6 is 0 Å². The van der Waals surface area contributed by atoms with Gasteiger partial charge in [-0.3, -0.25) is 0 Å². The first-order valence-corrected chi connectivity index (χ1v) is 7.76. The number of benzene rings is 1. The van der Waals surface area contributed by atoms with Gasteiger partial charge in [0.25, 0.3) is 0 Å². The Hall–Kier alpha value is -0.900. The molecule has 0 aliphatic carbocycles. The standard InChI is InChI=1S/C17H28N2O/c1-13-3-4-16(14(2)11-13)17(12-18)15-5-7-19(8-6-15)9-10-20/h3-4,11,15,17,20H,5-10,12,18H2,1-2H3. The van der Waals surface area contributed by atoms with Gasteiger partial charge >= 0.3 is 0 Å². The maximum Gasteiger partial charge on any atom is 0.0558 e. The van der Waals surface area contributed by atoms with Crippen LogP contribution in [0.2, 0.25) is 0 Å². The Morgan fingerprint density at radius 1 is 1.30 bits per heavy atom. The quantitative estimate of drug-likeness (QED) is 0.865. The molecule has 3 N–H and O–H groups in total. The van der Waals surface area contributed by atoms with Crippen LogP contribution in [0.15, 0.2) is 18.2 Å². The van der Waals surface area contributed by atoms with Crippen molar-refractivity contribution in [2.24, 2.45) is 11.7 Å². The predicted molar refractivity (Wildman–Crippen MR) is 84.0 cm³/mol. The van der Waals surface area contributed by atoms with Gasteiger partial charge in [0.05, 0.1) is 6.61 Å². The van der Waals surface area contributed by atoms with Crippen LogP contribution < -0.4 is 5.73 Å². The maximum atomic E-state index is 9.02. The SMILES string of the molecule is Cc1ccc(C(CN)C2CCN(CCO)CC2)c(C)c1. The second-order valence-electron chi connectivity index (χ2n) is 6.10. The third-order valence-electron chi connectivity index (χ3n) is 4.70. The lowest BCUT2D eigenvalue weighted by molar-refractivity contribution is 0.138. The van der Waals surface area contributed by atoms with Gasteiger partial charge in [-0.1, -0.05) is 23.8 Å². The fourth-order valence-electron chi connectivity index (χ4n) is 3.54. The van der Waals surface area contributed by atoms with Crippen molar-refractivity contribution in [3.05, 3.63) is 34.9 Å². The summed E-state index contributed by atoms with van der Waals surface area (Å²) in [4.78, 5) is 2.35. The molecule has 1 aromatic carbocycles. The predicted octanol–water partition coefficient (Wildman–Crippen LogP) is 2.05. The number of aliphatic hydroxyl groups excluding tert-OH is 1. The third kappa shape index (κ3) is 3.60. The molecule has 20 heavy (non-hydrogen) atoms. The van der Waals surface area contributed by atoms with Crippen molar-refractivity contribution in [2.45, 2.75) is 32.6 Å². The summed E-state index contributed by atoms with van der Waals surface area (Å²) >= 11 is 0. The summed E-state index contributed by atoms with van der Waals surface area (Å²) in [6, 6.07) is 6.73. The van der Waals surface area contributed by atoms with Crippen molar-refractivity contribution in [3.63, 3.8) is 0 Å². The van der Waals surface area contributed by atoms with Crippen LogP contribution in [0.1, 0.15) is 35.4 Å². The van der Waals surface area contributed by atoms with E-state index in [2.05, 4.69) is 36.9 Å². The number of hydrogen-bond donors (Lipinski definition) is 2. The zero-order valence-electron chi connectivity index (χ0n) is 12.8. The van der Waals surface area contributed by atoms with Gasteiger partial charge in [-0.05, 0) is 69.3 Å². The molecule has 1 saturated heterocycles. The third-order valence-corrected chi connectivity index (χ3v) is 4.70. The number of β-amino-alcohol motifs (C(OH)–C–C–N with tert-alkyl or cyclic N) is 1. The highest BCUT2D eigenvalue weighted by molar-refractivity contribution is 5.33. The number of aryl methyl sites for hydroxylation is 2. The minimum atomic E-state index is 0.266. The maximum absolute atomic E-state index is 9.02. The monoisotopic (exact) mass is 276 g/mol. The molecule has 1 aromatic rings. The summed E-state index contributed by atoms with van der Waals surface area (Å²) in [6.07, 6.45) is 2.38. The Bertz CT molecular complexity index is 425. The largest absolute Gasteiger partial charge is 0.395 e. The fraction of sp³-hybridized carbons (Fsp3) is 0.647. The first kappa shape index (κ1) is 15.5. The molecular weight excluding hydrogens is 248 g/mol. The molecule has 3 nitrogen and oxygen atoms in total. The van der Waals surface area contributed by atoms with Crippen LogP contribution in [0.25, 0.3) is 0 Å². The van der Waals surface area contributed by atoms with Gasteiger partial charge in [0.1, 0.15) is 0 Å². The molecule has 0 bridgehead atoms. The van der Waals surface area contributed by atoms with E-state index in [4.69, 9.17) is 10.8 Å². The molecule has 0 radical (unpaired) electrons. The highest BCUT2D eigenvalue weighted by Crippen LogP contribution is 2.33. The Morgan fingerprint density at radius 3 is 2.55 bits per heavy atom. The zero-order valence-corrected chi connectivity index (χ0v) is 12.8. The molecule has 0 saturated carbocycles. The lowest BCUT2D eigenvalue weighted by Gasteiger charge is -2.36. The van der Waals surface area contributed by atoms with Crippen molar-refractivity contribution in [2.75, 3.05) is 32.8 Å². The van der Waals surface area contributed by atoms with Gasteiger partial charge in [-0.2, -0.15) is 0 Å². The topological polar surface area (TPSA) is 49.5 Å². The lowest BCUT2D eigenvalue weighted by Crippen LogP contribution is -2.38. The zero-order chi connectivity index (χ0) is 14.5. The van der Waals surface area contributed by atoms with E-state index in [9.17, 15) is 0 Å². The van der Waals surface area contributed by atoms with E-state index >= 15 is 0 Å². The van der Waals surface area contributed by atoms with E-state index in [1.807, 2.05) is 0 Å². The average molecular weight is 276 g/mol. The molecule has 0 amide bonds. The van der Waals surface area contributed by atoms with E-state index in [1.54, 1.807) is 0 Å². The summed E-state index contributed by atoms with van der Waals surface area (Å²) in [5.74, 6) is 1.16. The molecule has 1 fully saturated rings. The lowest BCUT2D eigenvalue weighted by atomic mass is 9.78. The molecule has 1 heterocycles. The molecule has 112 valence electrons. The van der Waals surface area contributed by atoms with E-state index in [0.29, 0.717) is 11.8 Å². The number of aliphatic hydroxyl groups is 1. The van der Waals surface area contributed by atoms with E-state index in [1.165, 1.54) is 29.5 Å². The van der Waals surface area contributed by atoms with Gasteiger partial charge in [0.2, 0.25) is 0 Å². The van der Waals surface area contributed by atoms with Crippen molar-refractivity contribution in [3.8, 4) is 0 Å². The van der Waals surface area contributed by atoms with Gasteiger partial charge in [-0.15, -0.1) is 0 Å². The summed E-state index contributed by atoms with van der Waals surface area (Å²) < 4.78 is 0. The number of piperidine rings is 1. The Morgan fingerprint density at radius 2 is 2.00 bits per heavy atom. The fourth-order valence-corrected chi connectivity index (χ4v) is 3.54. The number of hydrogen-bond acceptors (Lipinski definition) is 3. The van der Waals surface area contributed by atoms with Crippen molar-refractivity contribution < 1.29 is 5.11 Å². The van der Waals surface area contributed by atoms with Crippen molar-refractivity contribution >= 4 is 0 Å². The second-order valence-corrected chi connectivity index (χ2v) is 6.10. The van der Waals surface area contributed by atoms with Crippen LogP contribution in [0.3, 0.4) is 0 Å². The summed E-state index contributed by atoms with van der Waals surface area (Å²) in [5.41, 5.74) is 10.2. The molecule has 3 heteroatoms. The van der Waals surface area contributed by atoms with Crippen molar-refractivity contribution in [1.82, 2.24) is 4.90 Å². The molecule has 1 unspecified atom stereocenters. The number of rotatable bonds is 5. The molecule has 0 spiro atoms. The van der Waals surface area contributed by atoms with Crippen LogP contribution in [0.4, 0.5) is 0 Å².